The lowest BCUT2D eigenvalue weighted by Crippen LogP contribution is -2.04. The van der Waals surface area contributed by atoms with E-state index >= 15 is 0 Å². The number of nitro groups is 1. The predicted molar refractivity (Wildman–Crippen MR) is 62.4 cm³/mol. The fourth-order valence-electron chi connectivity index (χ4n) is 1.03. The number of pyridine rings is 1. The number of hydrogen-bond acceptors (Lipinski definition) is 5. The third-order valence-electron chi connectivity index (χ3n) is 1.79. The average Bonchev–Trinajstić information content (AvgIpc) is 2.25. The van der Waals surface area contributed by atoms with Gasteiger partial charge in [-0.1, -0.05) is 0 Å². The molecular weight excluding hydrogens is 214 g/mol. The number of anilines is 1. The van der Waals surface area contributed by atoms with E-state index in [1.807, 2.05) is 0 Å². The van der Waals surface area contributed by atoms with Crippen LogP contribution >= 0.6 is 11.8 Å². The van der Waals surface area contributed by atoms with Gasteiger partial charge in [0.2, 0.25) is 0 Å². The molecule has 82 valence electrons. The molecular formula is C9H13N3O2S. The van der Waals surface area contributed by atoms with Crippen molar-refractivity contribution in [3.63, 3.8) is 0 Å². The van der Waals surface area contributed by atoms with Gasteiger partial charge >= 0.3 is 0 Å². The van der Waals surface area contributed by atoms with E-state index < -0.39 is 4.92 Å². The summed E-state index contributed by atoms with van der Waals surface area (Å²) < 4.78 is 0. The second-order valence-corrected chi connectivity index (χ2v) is 3.92. The van der Waals surface area contributed by atoms with Crippen molar-refractivity contribution in [3.8, 4) is 0 Å². The van der Waals surface area contributed by atoms with Gasteiger partial charge in [-0.3, -0.25) is 10.1 Å². The summed E-state index contributed by atoms with van der Waals surface area (Å²) >= 11 is 1.79. The maximum Gasteiger partial charge on any atom is 0.287 e. The summed E-state index contributed by atoms with van der Waals surface area (Å²) in [4.78, 5) is 13.8. The van der Waals surface area contributed by atoms with Gasteiger partial charge < -0.3 is 5.32 Å². The molecule has 0 saturated carbocycles. The van der Waals surface area contributed by atoms with Crippen LogP contribution in [0.25, 0.3) is 0 Å². The summed E-state index contributed by atoms with van der Waals surface area (Å²) in [6, 6.07) is 3.07. The molecule has 0 unspecified atom stereocenters. The lowest BCUT2D eigenvalue weighted by molar-refractivity contribution is -0.385. The fourth-order valence-corrected chi connectivity index (χ4v) is 1.46. The third-order valence-corrected chi connectivity index (χ3v) is 2.49. The van der Waals surface area contributed by atoms with Crippen LogP contribution in [0.2, 0.25) is 0 Å². The Hall–Kier alpha value is -1.30. The summed E-state index contributed by atoms with van der Waals surface area (Å²) in [5, 5.41) is 13.5. The quantitative estimate of drug-likeness (QED) is 0.458. The van der Waals surface area contributed by atoms with Crippen LogP contribution in [0.5, 0.6) is 0 Å². The minimum atomic E-state index is -0.454. The molecule has 0 fully saturated rings. The summed E-state index contributed by atoms with van der Waals surface area (Å²) in [6.07, 6.45) is 4.38. The zero-order chi connectivity index (χ0) is 11.1. The van der Waals surface area contributed by atoms with Crippen molar-refractivity contribution >= 4 is 23.3 Å². The Morgan fingerprint density at radius 2 is 2.40 bits per heavy atom. The van der Waals surface area contributed by atoms with Crippen LogP contribution in [-0.4, -0.2) is 28.5 Å². The normalized spacial score (nSPS) is 9.93. The van der Waals surface area contributed by atoms with Gasteiger partial charge in [0.25, 0.3) is 5.69 Å². The highest BCUT2D eigenvalue weighted by atomic mass is 32.2. The Balaban J connectivity index is 2.39. The van der Waals surface area contributed by atoms with Crippen molar-refractivity contribution in [1.82, 2.24) is 4.98 Å². The van der Waals surface area contributed by atoms with E-state index in [4.69, 9.17) is 0 Å². The van der Waals surface area contributed by atoms with Crippen LogP contribution in [0.4, 0.5) is 11.5 Å². The van der Waals surface area contributed by atoms with Crippen LogP contribution in [-0.2, 0) is 0 Å². The Kier molecular flexibility index (Phi) is 4.89. The lowest BCUT2D eigenvalue weighted by atomic mass is 10.4. The molecule has 0 radical (unpaired) electrons. The van der Waals surface area contributed by atoms with Gasteiger partial charge in [0.15, 0.2) is 0 Å². The minimum absolute atomic E-state index is 0.0182. The molecule has 0 bridgehead atoms. The molecule has 0 saturated heterocycles. The topological polar surface area (TPSA) is 68.1 Å². The van der Waals surface area contributed by atoms with E-state index in [0.717, 1.165) is 18.7 Å². The second-order valence-electron chi connectivity index (χ2n) is 2.93. The van der Waals surface area contributed by atoms with Crippen molar-refractivity contribution in [2.45, 2.75) is 6.42 Å². The van der Waals surface area contributed by atoms with Crippen LogP contribution < -0.4 is 5.32 Å². The SMILES string of the molecule is CSCCCNc1ccc([N+](=O)[O-])cn1. The maximum absolute atomic E-state index is 10.4. The summed E-state index contributed by atoms with van der Waals surface area (Å²) in [7, 11) is 0. The zero-order valence-electron chi connectivity index (χ0n) is 8.47. The molecule has 5 nitrogen and oxygen atoms in total. The molecule has 0 aliphatic heterocycles. The number of nitrogens with one attached hydrogen (secondary N) is 1. The van der Waals surface area contributed by atoms with Gasteiger partial charge in [-0.25, -0.2) is 4.98 Å². The highest BCUT2D eigenvalue weighted by molar-refractivity contribution is 7.98. The first-order valence-electron chi connectivity index (χ1n) is 4.57. The lowest BCUT2D eigenvalue weighted by Gasteiger charge is -2.03. The first-order chi connectivity index (χ1) is 7.24. The number of thioether (sulfide) groups is 1. The molecule has 15 heavy (non-hydrogen) atoms. The molecule has 1 heterocycles. The van der Waals surface area contributed by atoms with E-state index in [0.29, 0.717) is 5.82 Å². The Labute approximate surface area is 92.4 Å². The van der Waals surface area contributed by atoms with Crippen LogP contribution in [0, 0.1) is 10.1 Å². The molecule has 6 heteroatoms. The summed E-state index contributed by atoms with van der Waals surface area (Å²) in [6.45, 7) is 0.839. The van der Waals surface area contributed by atoms with Crippen molar-refractivity contribution in [1.29, 1.82) is 0 Å². The second kappa shape index (κ2) is 6.23. The van der Waals surface area contributed by atoms with E-state index in [9.17, 15) is 10.1 Å². The Morgan fingerprint density at radius 1 is 1.60 bits per heavy atom. The van der Waals surface area contributed by atoms with Gasteiger partial charge in [0.1, 0.15) is 12.0 Å². The summed E-state index contributed by atoms with van der Waals surface area (Å²) in [5.74, 6) is 1.78. The van der Waals surface area contributed by atoms with E-state index in [-0.39, 0.29) is 5.69 Å². The fraction of sp³-hybridized carbons (Fsp3) is 0.444. The predicted octanol–water partition coefficient (Wildman–Crippen LogP) is 2.15. The molecule has 1 rings (SSSR count). The Bertz CT molecular complexity index is 316. The summed E-state index contributed by atoms with van der Waals surface area (Å²) in [5.41, 5.74) is 0.0182. The molecule has 0 spiro atoms. The maximum atomic E-state index is 10.4. The van der Waals surface area contributed by atoms with Gasteiger partial charge in [0.05, 0.1) is 4.92 Å². The first-order valence-corrected chi connectivity index (χ1v) is 5.96. The van der Waals surface area contributed by atoms with Crippen LogP contribution in [0.15, 0.2) is 18.3 Å². The van der Waals surface area contributed by atoms with Gasteiger partial charge in [-0.15, -0.1) is 0 Å². The molecule has 1 aromatic heterocycles. The number of rotatable bonds is 6. The molecule has 0 atom stereocenters. The van der Waals surface area contributed by atoms with Crippen LogP contribution in [0.3, 0.4) is 0 Å². The van der Waals surface area contributed by atoms with Gasteiger partial charge in [-0.05, 0) is 24.5 Å². The highest BCUT2D eigenvalue weighted by Gasteiger charge is 2.04. The van der Waals surface area contributed by atoms with Crippen molar-refractivity contribution < 1.29 is 4.92 Å². The molecule has 0 amide bonds. The molecule has 0 aliphatic rings. The Morgan fingerprint density at radius 3 is 2.93 bits per heavy atom. The van der Waals surface area contributed by atoms with Gasteiger partial charge in [-0.2, -0.15) is 11.8 Å². The molecule has 1 aromatic rings. The van der Waals surface area contributed by atoms with E-state index in [2.05, 4.69) is 16.6 Å². The van der Waals surface area contributed by atoms with Crippen molar-refractivity contribution in [2.75, 3.05) is 23.9 Å². The van der Waals surface area contributed by atoms with E-state index in [1.54, 1.807) is 17.8 Å². The number of hydrogen-bond donors (Lipinski definition) is 1. The average molecular weight is 227 g/mol. The van der Waals surface area contributed by atoms with E-state index in [1.165, 1.54) is 12.3 Å². The minimum Gasteiger partial charge on any atom is -0.370 e. The molecule has 0 aromatic carbocycles. The largest absolute Gasteiger partial charge is 0.370 e. The van der Waals surface area contributed by atoms with Crippen molar-refractivity contribution in [3.05, 3.63) is 28.4 Å². The van der Waals surface area contributed by atoms with Crippen LogP contribution in [0.1, 0.15) is 6.42 Å². The standard InChI is InChI=1S/C9H13N3O2S/c1-15-6-2-5-10-9-4-3-8(7-11-9)12(13)14/h3-4,7H,2,5-6H2,1H3,(H,10,11). The molecule has 0 aliphatic carbocycles. The molecule has 1 N–H and O–H groups in total. The highest BCUT2D eigenvalue weighted by Crippen LogP contribution is 2.11. The number of nitrogens with zero attached hydrogens (tertiary/aromatic N) is 2. The van der Waals surface area contributed by atoms with Gasteiger partial charge in [0, 0.05) is 12.6 Å². The zero-order valence-corrected chi connectivity index (χ0v) is 9.29. The monoisotopic (exact) mass is 227 g/mol. The number of aromatic nitrogens is 1. The third kappa shape index (κ3) is 4.16. The first kappa shape index (κ1) is 11.8. The van der Waals surface area contributed by atoms with Crippen molar-refractivity contribution in [2.24, 2.45) is 0 Å². The smallest absolute Gasteiger partial charge is 0.287 e.